The molecule has 20 heavy (non-hydrogen) atoms. The van der Waals surface area contributed by atoms with Gasteiger partial charge in [0.05, 0.1) is 10.4 Å². The van der Waals surface area contributed by atoms with E-state index in [0.717, 1.165) is 10.4 Å². The summed E-state index contributed by atoms with van der Waals surface area (Å²) in [4.78, 5) is 13.2. The molecule has 0 saturated heterocycles. The molecule has 102 valence electrons. The van der Waals surface area contributed by atoms with Crippen molar-refractivity contribution in [2.45, 2.75) is 13.0 Å². The number of hydrogen-bond donors (Lipinski definition) is 2. The lowest BCUT2D eigenvalue weighted by atomic mass is 10.1. The zero-order valence-electron chi connectivity index (χ0n) is 10.6. The van der Waals surface area contributed by atoms with Gasteiger partial charge in [0.15, 0.2) is 0 Å². The monoisotopic (exact) mass is 306 g/mol. The second kappa shape index (κ2) is 5.22. The molecule has 0 unspecified atom stereocenters. The van der Waals surface area contributed by atoms with Crippen molar-refractivity contribution < 1.29 is 4.79 Å². The summed E-state index contributed by atoms with van der Waals surface area (Å²) >= 11 is 7.36. The number of halogens is 1. The molecular formula is C13H11ClN4OS. The number of rotatable bonds is 3. The lowest BCUT2D eigenvalue weighted by Gasteiger charge is -2.12. The molecule has 3 aromatic rings. The number of thiophene rings is 1. The van der Waals surface area contributed by atoms with E-state index in [1.165, 1.54) is 11.3 Å². The quantitative estimate of drug-likeness (QED) is 0.781. The molecule has 1 amide bonds. The van der Waals surface area contributed by atoms with E-state index in [4.69, 9.17) is 11.6 Å². The molecule has 0 bridgehead atoms. The van der Waals surface area contributed by atoms with Crippen LogP contribution in [0.3, 0.4) is 0 Å². The Morgan fingerprint density at radius 2 is 2.10 bits per heavy atom. The second-order valence-corrected chi connectivity index (χ2v) is 6.11. The average molecular weight is 307 g/mol. The number of benzene rings is 1. The molecule has 5 nitrogen and oxygen atoms in total. The lowest BCUT2D eigenvalue weighted by molar-refractivity contribution is 0.0940. The highest BCUT2D eigenvalue weighted by Crippen LogP contribution is 2.26. The van der Waals surface area contributed by atoms with Crippen LogP contribution in [0, 0.1) is 0 Å². The standard InChI is InChI=1S/C13H11ClN4OS/c1-7(11-4-5-12(14)20-11)15-13(19)8-2-3-9-10(6-8)17-18-16-9/h2-7H,1H3,(H,15,19)(H,16,17,18)/t7-/m1/s1. The third kappa shape index (κ3) is 2.52. The maximum Gasteiger partial charge on any atom is 0.251 e. The van der Waals surface area contributed by atoms with Crippen LogP contribution in [-0.4, -0.2) is 21.3 Å². The Kier molecular flexibility index (Phi) is 3.42. The normalized spacial score (nSPS) is 12.5. The fourth-order valence-electron chi connectivity index (χ4n) is 1.89. The zero-order valence-corrected chi connectivity index (χ0v) is 12.1. The van der Waals surface area contributed by atoms with E-state index >= 15 is 0 Å². The van der Waals surface area contributed by atoms with Crippen molar-refractivity contribution in [3.63, 3.8) is 0 Å². The molecule has 0 radical (unpaired) electrons. The smallest absolute Gasteiger partial charge is 0.251 e. The van der Waals surface area contributed by atoms with Crippen LogP contribution in [0.2, 0.25) is 4.34 Å². The topological polar surface area (TPSA) is 70.7 Å². The fourth-order valence-corrected chi connectivity index (χ4v) is 2.96. The SMILES string of the molecule is C[C@@H](NC(=O)c1ccc2n[nH]nc2c1)c1ccc(Cl)s1. The van der Waals surface area contributed by atoms with Crippen molar-refractivity contribution in [2.24, 2.45) is 0 Å². The minimum absolute atomic E-state index is 0.0898. The van der Waals surface area contributed by atoms with Crippen molar-refractivity contribution in [3.05, 3.63) is 45.1 Å². The van der Waals surface area contributed by atoms with Gasteiger partial charge in [-0.1, -0.05) is 11.6 Å². The molecule has 2 N–H and O–H groups in total. The van der Waals surface area contributed by atoms with Gasteiger partial charge < -0.3 is 5.32 Å². The molecule has 0 aliphatic rings. The molecule has 2 heterocycles. The Balaban J connectivity index is 1.78. The molecule has 2 aromatic heterocycles. The first-order valence-corrected chi connectivity index (χ1v) is 7.19. The zero-order chi connectivity index (χ0) is 14.1. The van der Waals surface area contributed by atoms with Gasteiger partial charge in [-0.3, -0.25) is 4.79 Å². The van der Waals surface area contributed by atoms with Crippen molar-refractivity contribution in [1.82, 2.24) is 20.7 Å². The van der Waals surface area contributed by atoms with E-state index in [-0.39, 0.29) is 11.9 Å². The average Bonchev–Trinajstić information content (AvgIpc) is 3.05. The molecule has 7 heteroatoms. The summed E-state index contributed by atoms with van der Waals surface area (Å²) in [5.41, 5.74) is 1.96. The molecule has 0 saturated carbocycles. The molecule has 1 aromatic carbocycles. The summed E-state index contributed by atoms with van der Waals surface area (Å²) in [7, 11) is 0. The molecule has 0 spiro atoms. The molecule has 1 atom stereocenters. The van der Waals surface area contributed by atoms with E-state index in [0.29, 0.717) is 15.4 Å². The minimum atomic E-state index is -0.146. The highest BCUT2D eigenvalue weighted by atomic mass is 35.5. The molecule has 0 fully saturated rings. The third-order valence-corrected chi connectivity index (χ3v) is 4.36. The highest BCUT2D eigenvalue weighted by molar-refractivity contribution is 7.16. The van der Waals surface area contributed by atoms with Gasteiger partial charge in [-0.2, -0.15) is 15.4 Å². The summed E-state index contributed by atoms with van der Waals surface area (Å²) in [6, 6.07) is 8.86. The number of fused-ring (bicyclic) bond motifs is 1. The predicted octanol–water partition coefficient (Wildman–Crippen LogP) is 3.16. The van der Waals surface area contributed by atoms with Crippen molar-refractivity contribution >= 4 is 39.9 Å². The highest BCUT2D eigenvalue weighted by Gasteiger charge is 2.14. The van der Waals surface area contributed by atoms with Gasteiger partial charge in [0.25, 0.3) is 5.91 Å². The number of carbonyl (C=O) groups is 1. The van der Waals surface area contributed by atoms with Crippen LogP contribution >= 0.6 is 22.9 Å². The van der Waals surface area contributed by atoms with E-state index in [2.05, 4.69) is 20.7 Å². The van der Waals surface area contributed by atoms with Gasteiger partial charge in [0.2, 0.25) is 0 Å². The van der Waals surface area contributed by atoms with E-state index in [9.17, 15) is 4.79 Å². The van der Waals surface area contributed by atoms with Crippen LogP contribution in [0.25, 0.3) is 11.0 Å². The molecule has 0 aliphatic carbocycles. The predicted molar refractivity (Wildman–Crippen MR) is 79.1 cm³/mol. The number of aromatic amines is 1. The Morgan fingerprint density at radius 3 is 2.85 bits per heavy atom. The van der Waals surface area contributed by atoms with Crippen molar-refractivity contribution in [2.75, 3.05) is 0 Å². The lowest BCUT2D eigenvalue weighted by Crippen LogP contribution is -2.26. The van der Waals surface area contributed by atoms with Crippen LogP contribution in [0.1, 0.15) is 28.2 Å². The number of nitrogens with one attached hydrogen (secondary N) is 2. The van der Waals surface area contributed by atoms with Crippen LogP contribution < -0.4 is 5.32 Å². The second-order valence-electron chi connectivity index (χ2n) is 4.36. The van der Waals surface area contributed by atoms with Crippen LogP contribution in [0.4, 0.5) is 0 Å². The first-order valence-electron chi connectivity index (χ1n) is 6.00. The van der Waals surface area contributed by atoms with Crippen molar-refractivity contribution in [3.8, 4) is 0 Å². The summed E-state index contributed by atoms with van der Waals surface area (Å²) in [5.74, 6) is -0.146. The Hall–Kier alpha value is -1.92. The van der Waals surface area contributed by atoms with Gasteiger partial charge in [0.1, 0.15) is 11.0 Å². The Bertz CT molecular complexity index is 766. The minimum Gasteiger partial charge on any atom is -0.345 e. The van der Waals surface area contributed by atoms with Gasteiger partial charge in [-0.25, -0.2) is 0 Å². The fraction of sp³-hybridized carbons (Fsp3) is 0.154. The Labute approximate surface area is 124 Å². The maximum absolute atomic E-state index is 12.2. The summed E-state index contributed by atoms with van der Waals surface area (Å²) in [6.45, 7) is 1.93. The van der Waals surface area contributed by atoms with Gasteiger partial charge in [0, 0.05) is 10.4 Å². The molecule has 0 aliphatic heterocycles. The summed E-state index contributed by atoms with van der Waals surface area (Å²) < 4.78 is 0.713. The largest absolute Gasteiger partial charge is 0.345 e. The third-order valence-electron chi connectivity index (χ3n) is 2.95. The number of carbonyl (C=O) groups excluding carboxylic acids is 1. The first-order chi connectivity index (χ1) is 9.63. The molecular weight excluding hydrogens is 296 g/mol. The van der Waals surface area contributed by atoms with E-state index < -0.39 is 0 Å². The van der Waals surface area contributed by atoms with Gasteiger partial charge in [-0.05, 0) is 37.3 Å². The number of H-pyrrole nitrogens is 1. The number of amides is 1. The van der Waals surface area contributed by atoms with E-state index in [1.807, 2.05) is 19.1 Å². The first kappa shape index (κ1) is 13.1. The summed E-state index contributed by atoms with van der Waals surface area (Å²) in [6.07, 6.45) is 0. The van der Waals surface area contributed by atoms with Crippen LogP contribution in [-0.2, 0) is 0 Å². The summed E-state index contributed by atoms with van der Waals surface area (Å²) in [5, 5.41) is 13.4. The number of nitrogens with zero attached hydrogens (tertiary/aromatic N) is 2. The van der Waals surface area contributed by atoms with E-state index in [1.54, 1.807) is 18.2 Å². The molecule has 3 rings (SSSR count). The van der Waals surface area contributed by atoms with Crippen molar-refractivity contribution in [1.29, 1.82) is 0 Å². The van der Waals surface area contributed by atoms with Gasteiger partial charge >= 0.3 is 0 Å². The number of aromatic nitrogens is 3. The van der Waals surface area contributed by atoms with Crippen LogP contribution in [0.5, 0.6) is 0 Å². The maximum atomic E-state index is 12.2. The van der Waals surface area contributed by atoms with Gasteiger partial charge in [-0.15, -0.1) is 11.3 Å². The van der Waals surface area contributed by atoms with Crippen LogP contribution in [0.15, 0.2) is 30.3 Å². The number of hydrogen-bond acceptors (Lipinski definition) is 4. The Morgan fingerprint density at radius 1 is 1.30 bits per heavy atom.